The number of sulfonamides is 1. The number of hydrogen-bond acceptors (Lipinski definition) is 4. The Kier molecular flexibility index (Phi) is 5.75. The summed E-state index contributed by atoms with van der Waals surface area (Å²) in [6.45, 7) is 6.30. The van der Waals surface area contributed by atoms with Crippen molar-refractivity contribution in [3.05, 3.63) is 48.2 Å². The van der Waals surface area contributed by atoms with Crippen LogP contribution in [0.5, 0.6) is 0 Å². The third kappa shape index (κ3) is 5.22. The Morgan fingerprint density at radius 1 is 0.963 bits per heavy atom. The zero-order valence-electron chi connectivity index (χ0n) is 16.3. The van der Waals surface area contributed by atoms with E-state index in [2.05, 4.69) is 35.8 Å². The molecule has 0 saturated heterocycles. The highest BCUT2D eigenvalue weighted by Crippen LogP contribution is 2.25. The lowest BCUT2D eigenvalue weighted by molar-refractivity contribution is 0.462. The first-order chi connectivity index (χ1) is 12.7. The fraction of sp³-hybridized carbons (Fsp3) is 0.476. The first-order valence-electron chi connectivity index (χ1n) is 9.60. The predicted molar refractivity (Wildman–Crippen MR) is 111 cm³/mol. The molecule has 0 bridgehead atoms. The lowest BCUT2D eigenvalue weighted by atomic mass is 9.87. The second-order valence-corrected chi connectivity index (χ2v) is 9.97. The van der Waals surface area contributed by atoms with E-state index in [4.69, 9.17) is 0 Å². The van der Waals surface area contributed by atoms with Gasteiger partial charge in [0.1, 0.15) is 5.82 Å². The smallest absolute Gasteiger partial charge is 0.263 e. The highest BCUT2D eigenvalue weighted by molar-refractivity contribution is 7.92. The summed E-state index contributed by atoms with van der Waals surface area (Å²) in [5.74, 6) is 0.323. The summed E-state index contributed by atoms with van der Waals surface area (Å²) in [5, 5.41) is 3.48. The zero-order chi connectivity index (χ0) is 19.5. The van der Waals surface area contributed by atoms with E-state index in [1.165, 1.54) is 32.1 Å². The van der Waals surface area contributed by atoms with E-state index >= 15 is 0 Å². The van der Waals surface area contributed by atoms with Crippen LogP contribution in [-0.4, -0.2) is 19.4 Å². The summed E-state index contributed by atoms with van der Waals surface area (Å²) < 4.78 is 27.8. The molecule has 2 aromatic rings. The van der Waals surface area contributed by atoms with Crippen LogP contribution in [0.1, 0.15) is 58.4 Å². The normalized spacial score (nSPS) is 16.1. The minimum absolute atomic E-state index is 0.0154. The van der Waals surface area contributed by atoms with Crippen LogP contribution < -0.4 is 10.0 Å². The zero-order valence-corrected chi connectivity index (χ0v) is 17.1. The van der Waals surface area contributed by atoms with Crippen molar-refractivity contribution in [1.82, 2.24) is 4.98 Å². The Morgan fingerprint density at radius 3 is 2.19 bits per heavy atom. The topological polar surface area (TPSA) is 71.1 Å². The third-order valence-corrected chi connectivity index (χ3v) is 6.38. The van der Waals surface area contributed by atoms with E-state index in [-0.39, 0.29) is 10.3 Å². The molecule has 1 aromatic carbocycles. The Hall–Kier alpha value is -2.08. The maximum absolute atomic E-state index is 12.6. The van der Waals surface area contributed by atoms with Gasteiger partial charge in [0.05, 0.1) is 16.8 Å². The van der Waals surface area contributed by atoms with Crippen molar-refractivity contribution >= 4 is 21.5 Å². The Labute approximate surface area is 162 Å². The van der Waals surface area contributed by atoms with Gasteiger partial charge in [0.15, 0.2) is 0 Å². The molecule has 3 rings (SSSR count). The average Bonchev–Trinajstić information content (AvgIpc) is 2.63. The maximum Gasteiger partial charge on any atom is 0.263 e. The number of hydrogen-bond donors (Lipinski definition) is 2. The fourth-order valence-electron chi connectivity index (χ4n) is 3.35. The quantitative estimate of drug-likeness (QED) is 0.763. The van der Waals surface area contributed by atoms with Crippen molar-refractivity contribution in [1.29, 1.82) is 0 Å². The SMILES string of the molecule is CC(C)(C)c1ccc(S(=O)(=O)Nc2ccc(NC3CCCCC3)cn2)cc1. The number of benzene rings is 1. The summed E-state index contributed by atoms with van der Waals surface area (Å²) in [6, 6.07) is 11.1. The summed E-state index contributed by atoms with van der Waals surface area (Å²) in [5.41, 5.74) is 2.01. The van der Waals surface area contributed by atoms with Gasteiger partial charge >= 0.3 is 0 Å². The van der Waals surface area contributed by atoms with Gasteiger partial charge < -0.3 is 5.32 Å². The van der Waals surface area contributed by atoms with Crippen molar-refractivity contribution in [2.75, 3.05) is 10.0 Å². The molecular formula is C21H29N3O2S. The number of nitrogens with one attached hydrogen (secondary N) is 2. The molecule has 0 aliphatic heterocycles. The second kappa shape index (κ2) is 7.89. The molecule has 1 aliphatic rings. The Balaban J connectivity index is 1.66. The van der Waals surface area contributed by atoms with Crippen LogP contribution in [-0.2, 0) is 15.4 Å². The summed E-state index contributed by atoms with van der Waals surface area (Å²) in [4.78, 5) is 4.50. The van der Waals surface area contributed by atoms with Crippen LogP contribution >= 0.6 is 0 Å². The number of nitrogens with zero attached hydrogens (tertiary/aromatic N) is 1. The van der Waals surface area contributed by atoms with Gasteiger partial charge in [0.2, 0.25) is 0 Å². The molecule has 1 aromatic heterocycles. The van der Waals surface area contributed by atoms with E-state index in [1.54, 1.807) is 24.4 Å². The van der Waals surface area contributed by atoms with E-state index in [0.717, 1.165) is 11.3 Å². The molecule has 0 spiro atoms. The van der Waals surface area contributed by atoms with Gasteiger partial charge in [0, 0.05) is 6.04 Å². The van der Waals surface area contributed by atoms with Gasteiger partial charge in [-0.05, 0) is 48.1 Å². The lowest BCUT2D eigenvalue weighted by Gasteiger charge is -2.23. The molecule has 1 heterocycles. The molecule has 0 radical (unpaired) electrons. The first kappa shape index (κ1) is 19.7. The minimum atomic E-state index is -3.65. The van der Waals surface area contributed by atoms with Crippen molar-refractivity contribution in [2.24, 2.45) is 0 Å². The summed E-state index contributed by atoms with van der Waals surface area (Å²) in [7, 11) is -3.65. The largest absolute Gasteiger partial charge is 0.381 e. The number of anilines is 2. The Morgan fingerprint density at radius 2 is 1.63 bits per heavy atom. The van der Waals surface area contributed by atoms with Crippen molar-refractivity contribution < 1.29 is 8.42 Å². The van der Waals surface area contributed by atoms with Crippen molar-refractivity contribution in [2.45, 2.75) is 69.2 Å². The van der Waals surface area contributed by atoms with Gasteiger partial charge in [-0.15, -0.1) is 0 Å². The van der Waals surface area contributed by atoms with Gasteiger partial charge in [0.25, 0.3) is 10.0 Å². The van der Waals surface area contributed by atoms with Gasteiger partial charge in [-0.25, -0.2) is 13.4 Å². The summed E-state index contributed by atoms with van der Waals surface area (Å²) >= 11 is 0. The molecule has 6 heteroatoms. The van der Waals surface area contributed by atoms with Gasteiger partial charge in [-0.1, -0.05) is 52.2 Å². The average molecular weight is 388 g/mol. The highest BCUT2D eigenvalue weighted by Gasteiger charge is 2.18. The van der Waals surface area contributed by atoms with Crippen molar-refractivity contribution in [3.63, 3.8) is 0 Å². The van der Waals surface area contributed by atoms with Crippen molar-refractivity contribution in [3.8, 4) is 0 Å². The molecule has 0 unspecified atom stereocenters. The number of pyridine rings is 1. The molecule has 27 heavy (non-hydrogen) atoms. The molecule has 2 N–H and O–H groups in total. The fourth-order valence-corrected chi connectivity index (χ4v) is 4.36. The number of rotatable bonds is 5. The van der Waals surface area contributed by atoms with E-state index in [9.17, 15) is 8.42 Å². The van der Waals surface area contributed by atoms with Gasteiger partial charge in [-0.2, -0.15) is 0 Å². The van der Waals surface area contributed by atoms with E-state index in [1.807, 2.05) is 18.2 Å². The lowest BCUT2D eigenvalue weighted by Crippen LogP contribution is -2.22. The van der Waals surface area contributed by atoms with Crippen LogP contribution in [0.2, 0.25) is 0 Å². The highest BCUT2D eigenvalue weighted by atomic mass is 32.2. The molecule has 0 amide bonds. The molecule has 5 nitrogen and oxygen atoms in total. The standard InChI is InChI=1S/C21H29N3O2S/c1-21(2,3)16-9-12-19(13-10-16)27(25,26)24-20-14-11-18(15-22-20)23-17-7-5-4-6-8-17/h9-15,17,23H,4-8H2,1-3H3,(H,22,24). The predicted octanol–water partition coefficient (Wildman–Crippen LogP) is 4.92. The van der Waals surface area contributed by atoms with E-state index < -0.39 is 10.0 Å². The van der Waals surface area contributed by atoms with Crippen LogP contribution in [0, 0.1) is 0 Å². The van der Waals surface area contributed by atoms with Crippen LogP contribution in [0.4, 0.5) is 11.5 Å². The molecule has 0 atom stereocenters. The van der Waals surface area contributed by atoms with Crippen LogP contribution in [0.15, 0.2) is 47.5 Å². The first-order valence-corrected chi connectivity index (χ1v) is 11.1. The monoisotopic (exact) mass is 387 g/mol. The van der Waals surface area contributed by atoms with Crippen LogP contribution in [0.25, 0.3) is 0 Å². The molecule has 1 aliphatic carbocycles. The molecule has 146 valence electrons. The summed E-state index contributed by atoms with van der Waals surface area (Å²) in [6.07, 6.45) is 7.88. The molecule has 1 fully saturated rings. The second-order valence-electron chi connectivity index (χ2n) is 8.29. The van der Waals surface area contributed by atoms with Crippen LogP contribution in [0.3, 0.4) is 0 Å². The molecule has 1 saturated carbocycles. The third-order valence-electron chi connectivity index (χ3n) is 5.01. The molecular weight excluding hydrogens is 358 g/mol. The van der Waals surface area contributed by atoms with Gasteiger partial charge in [-0.3, -0.25) is 4.72 Å². The Bertz CT molecular complexity index is 848. The maximum atomic E-state index is 12.6. The number of aromatic nitrogens is 1. The minimum Gasteiger partial charge on any atom is -0.381 e. The van der Waals surface area contributed by atoms with E-state index in [0.29, 0.717) is 11.9 Å².